The molecular weight excluding hydrogens is 485 g/mol. The number of benzene rings is 2. The first-order valence-electron chi connectivity index (χ1n) is 11.9. The van der Waals surface area contributed by atoms with E-state index in [1.807, 2.05) is 0 Å². The zero-order valence-corrected chi connectivity index (χ0v) is 22.5. The topological polar surface area (TPSA) is 6.48 Å². The Bertz CT molecular complexity index is 772. The van der Waals surface area contributed by atoms with Gasteiger partial charge in [-0.1, -0.05) is 91.8 Å². The third kappa shape index (κ3) is 7.42. The Morgan fingerprint density at radius 2 is 0.853 bits per heavy atom. The molecule has 34 heavy (non-hydrogen) atoms. The minimum Gasteiger partial charge on any atom is -0.502 e. The average molecular weight is 524 g/mol. The van der Waals surface area contributed by atoms with E-state index < -0.39 is 6.68 Å². The summed E-state index contributed by atoms with van der Waals surface area (Å²) in [6.07, 6.45) is 0. The van der Waals surface area contributed by atoms with Crippen LogP contribution in [0.1, 0.15) is 101 Å². The molecule has 0 spiro atoms. The van der Waals surface area contributed by atoms with Crippen LogP contribution in [0, 0.1) is 13.3 Å². The number of anilines is 2. The zero-order chi connectivity index (χ0) is 24.9. The molecule has 0 aromatic heterocycles. The number of halogens is 3. The Balaban J connectivity index is 0.00000107. The normalized spacial score (nSPS) is 13.8. The maximum atomic E-state index is 9.58. The summed E-state index contributed by atoms with van der Waals surface area (Å²) in [5, 5.41) is 0. The molecule has 2 aromatic carbocycles. The maximum Gasteiger partial charge on any atom is 2.00 e. The molecule has 3 rings (SSSR count). The summed E-state index contributed by atoms with van der Waals surface area (Å²) in [6.45, 7) is 19.8. The van der Waals surface area contributed by atoms with Crippen LogP contribution in [0.25, 0.3) is 0 Å². The van der Waals surface area contributed by atoms with Crippen molar-refractivity contribution < 1.29 is 30.2 Å². The molecule has 6 heteroatoms. The molecule has 0 atom stereocenters. The SMILES string of the molecule is CC(C)c1cccc(C(C)C)c1N1[CH-]N(c2c(C(C)C)cccc2C(C)C)CC1.F[C-](F)F.[Cu+2]. The van der Waals surface area contributed by atoms with Gasteiger partial charge in [0.25, 0.3) is 0 Å². The second-order valence-corrected chi connectivity index (χ2v) is 9.91. The van der Waals surface area contributed by atoms with E-state index in [2.05, 4.69) is 108 Å². The van der Waals surface area contributed by atoms with Crippen molar-refractivity contribution in [3.63, 3.8) is 0 Å². The molecule has 193 valence electrons. The summed E-state index contributed by atoms with van der Waals surface area (Å²) in [4.78, 5) is 5.01. The molecule has 0 amide bonds. The van der Waals surface area contributed by atoms with Crippen LogP contribution in [-0.2, 0) is 17.1 Å². The third-order valence-corrected chi connectivity index (χ3v) is 6.12. The maximum absolute atomic E-state index is 9.58. The summed E-state index contributed by atoms with van der Waals surface area (Å²) in [5.74, 6) is 2.06. The number of hydrogen-bond donors (Lipinski definition) is 0. The summed E-state index contributed by atoms with van der Waals surface area (Å²) in [5.41, 5.74) is 8.67. The van der Waals surface area contributed by atoms with Crippen LogP contribution in [0.5, 0.6) is 0 Å². The van der Waals surface area contributed by atoms with Gasteiger partial charge in [0.15, 0.2) is 6.68 Å². The summed E-state index contributed by atoms with van der Waals surface area (Å²) >= 11 is 0. The predicted octanol–water partition coefficient (Wildman–Crippen LogP) is 8.97. The Morgan fingerprint density at radius 3 is 1.06 bits per heavy atom. The van der Waals surface area contributed by atoms with Gasteiger partial charge in [0.05, 0.1) is 0 Å². The minimum atomic E-state index is -3.08. The summed E-state index contributed by atoms with van der Waals surface area (Å²) < 4.78 is 28.8. The molecule has 1 heterocycles. The van der Waals surface area contributed by atoms with E-state index in [0.29, 0.717) is 23.7 Å². The largest absolute Gasteiger partial charge is 2.00 e. The zero-order valence-electron chi connectivity index (χ0n) is 21.6. The van der Waals surface area contributed by atoms with E-state index in [4.69, 9.17) is 0 Å². The van der Waals surface area contributed by atoms with Crippen molar-refractivity contribution in [2.24, 2.45) is 0 Å². The third-order valence-electron chi connectivity index (χ3n) is 6.12. The second-order valence-electron chi connectivity index (χ2n) is 9.91. The Morgan fingerprint density at radius 1 is 0.618 bits per heavy atom. The van der Waals surface area contributed by atoms with Crippen molar-refractivity contribution in [1.82, 2.24) is 0 Å². The van der Waals surface area contributed by atoms with Crippen LogP contribution >= 0.6 is 0 Å². The number of para-hydroxylation sites is 2. The van der Waals surface area contributed by atoms with E-state index in [9.17, 15) is 13.2 Å². The fraction of sp³-hybridized carbons (Fsp3) is 0.500. The van der Waals surface area contributed by atoms with Gasteiger partial charge in [-0.25, -0.2) is 0 Å². The van der Waals surface area contributed by atoms with Crippen LogP contribution in [0.15, 0.2) is 36.4 Å². The molecule has 2 aromatic rings. The van der Waals surface area contributed by atoms with Crippen LogP contribution in [-0.4, -0.2) is 13.1 Å². The van der Waals surface area contributed by atoms with Crippen LogP contribution in [0.2, 0.25) is 0 Å². The number of rotatable bonds is 6. The summed E-state index contributed by atoms with van der Waals surface area (Å²) in [7, 11) is 0. The van der Waals surface area contributed by atoms with Gasteiger partial charge in [-0.15, -0.1) is 0 Å². The molecule has 0 bridgehead atoms. The summed E-state index contributed by atoms with van der Waals surface area (Å²) in [6, 6.07) is 13.7. The quantitative estimate of drug-likeness (QED) is 0.275. The van der Waals surface area contributed by atoms with Crippen molar-refractivity contribution in [2.45, 2.75) is 79.1 Å². The average Bonchev–Trinajstić information content (AvgIpc) is 3.21. The number of hydrogen-bond acceptors (Lipinski definition) is 2. The van der Waals surface area contributed by atoms with E-state index in [-0.39, 0.29) is 17.1 Å². The molecule has 1 fully saturated rings. The fourth-order valence-electron chi connectivity index (χ4n) is 4.53. The molecule has 1 aliphatic rings. The van der Waals surface area contributed by atoms with Crippen LogP contribution in [0.3, 0.4) is 0 Å². The minimum absolute atomic E-state index is 0. The molecule has 0 aliphatic carbocycles. The van der Waals surface area contributed by atoms with E-state index in [1.165, 1.54) is 33.6 Å². The van der Waals surface area contributed by atoms with Gasteiger partial charge in [0.1, 0.15) is 0 Å². The Labute approximate surface area is 215 Å². The van der Waals surface area contributed by atoms with Crippen molar-refractivity contribution >= 4 is 11.4 Å². The molecule has 2 nitrogen and oxygen atoms in total. The molecule has 1 aliphatic heterocycles. The number of nitrogens with zero attached hydrogens (tertiary/aromatic N) is 2. The molecule has 0 N–H and O–H groups in total. The van der Waals surface area contributed by atoms with Crippen molar-refractivity contribution in [3.8, 4) is 0 Å². The van der Waals surface area contributed by atoms with Crippen LogP contribution < -0.4 is 9.80 Å². The van der Waals surface area contributed by atoms with E-state index in [0.717, 1.165) is 13.1 Å². The fourth-order valence-corrected chi connectivity index (χ4v) is 4.53. The van der Waals surface area contributed by atoms with Crippen LogP contribution in [0.4, 0.5) is 24.5 Å². The van der Waals surface area contributed by atoms with Gasteiger partial charge < -0.3 is 23.0 Å². The van der Waals surface area contributed by atoms with Gasteiger partial charge in [0, 0.05) is 24.5 Å². The molecular formula is C28H39CuF3N2. The van der Waals surface area contributed by atoms with Gasteiger partial charge in [-0.2, -0.15) is 6.67 Å². The Kier molecular flexibility index (Phi) is 12.0. The molecule has 1 saturated heterocycles. The Hall–Kier alpha value is -1.65. The monoisotopic (exact) mass is 523 g/mol. The van der Waals surface area contributed by atoms with Crippen molar-refractivity contribution in [1.29, 1.82) is 0 Å². The second kappa shape index (κ2) is 13.4. The van der Waals surface area contributed by atoms with Gasteiger partial charge in [-0.05, 0) is 45.9 Å². The van der Waals surface area contributed by atoms with E-state index in [1.54, 1.807) is 0 Å². The molecule has 0 saturated carbocycles. The van der Waals surface area contributed by atoms with Crippen molar-refractivity contribution in [3.05, 3.63) is 72.0 Å². The van der Waals surface area contributed by atoms with Gasteiger partial charge in [0.2, 0.25) is 0 Å². The predicted molar refractivity (Wildman–Crippen MR) is 135 cm³/mol. The van der Waals surface area contributed by atoms with Gasteiger partial charge >= 0.3 is 17.1 Å². The van der Waals surface area contributed by atoms with Gasteiger partial charge in [-0.3, -0.25) is 0 Å². The first kappa shape index (κ1) is 30.4. The molecule has 1 radical (unpaired) electrons. The molecule has 0 unspecified atom stereocenters. The first-order valence-corrected chi connectivity index (χ1v) is 11.9. The first-order chi connectivity index (χ1) is 15.5. The standard InChI is InChI=1S/C27H39N2.CF3.Cu/c1-18(2)22-11-9-12-23(19(3)4)26(22)28-15-16-29(17-28)27-24(20(5)6)13-10-14-25(27)21(7)8;2-1(3)4;/h9-14,17-21H,15-16H2,1-8H3;;/q2*-1;+2. The van der Waals surface area contributed by atoms with Crippen molar-refractivity contribution in [2.75, 3.05) is 22.9 Å². The smallest absolute Gasteiger partial charge is 0.502 e. The van der Waals surface area contributed by atoms with E-state index >= 15 is 0 Å².